The number of nitrogen functional groups attached to an aromatic ring is 1. The first-order valence-corrected chi connectivity index (χ1v) is 7.70. The van der Waals surface area contributed by atoms with Gasteiger partial charge < -0.3 is 21.1 Å². The number of rotatable bonds is 2. The van der Waals surface area contributed by atoms with Gasteiger partial charge in [0.05, 0.1) is 17.5 Å². The average Bonchev–Trinajstić information content (AvgIpc) is 2.46. The number of amides is 1. The van der Waals surface area contributed by atoms with Gasteiger partial charge in [0.25, 0.3) is 0 Å². The minimum absolute atomic E-state index is 0.0624. The van der Waals surface area contributed by atoms with Crippen molar-refractivity contribution in [2.45, 2.75) is 38.7 Å². The largest absolute Gasteiger partial charge is 0.397 e. The van der Waals surface area contributed by atoms with E-state index in [0.29, 0.717) is 18.0 Å². The zero-order valence-electron chi connectivity index (χ0n) is 12.4. The van der Waals surface area contributed by atoms with E-state index in [2.05, 4.69) is 16.3 Å². The molecule has 4 N–H and O–H groups in total. The second-order valence-corrected chi connectivity index (χ2v) is 6.18. The van der Waals surface area contributed by atoms with Crippen molar-refractivity contribution in [3.05, 3.63) is 17.7 Å². The van der Waals surface area contributed by atoms with Gasteiger partial charge in [-0.25, -0.2) is 0 Å². The van der Waals surface area contributed by atoms with Gasteiger partial charge in [0.15, 0.2) is 0 Å². The third-order valence-electron chi connectivity index (χ3n) is 4.71. The predicted molar refractivity (Wildman–Crippen MR) is 84.4 cm³/mol. The number of anilines is 3. The summed E-state index contributed by atoms with van der Waals surface area (Å²) < 4.78 is 0. The molecule has 1 saturated heterocycles. The van der Waals surface area contributed by atoms with Crippen molar-refractivity contribution in [2.24, 2.45) is 5.92 Å². The number of aryl methyl sites for hydroxylation is 1. The fourth-order valence-corrected chi connectivity index (χ4v) is 3.33. The molecule has 5 nitrogen and oxygen atoms in total. The lowest BCUT2D eigenvalue weighted by Gasteiger charge is -2.36. The van der Waals surface area contributed by atoms with Gasteiger partial charge >= 0.3 is 0 Å². The van der Waals surface area contributed by atoms with Gasteiger partial charge in [-0.15, -0.1) is 0 Å². The topological polar surface area (TPSA) is 78.6 Å². The highest BCUT2D eigenvalue weighted by atomic mass is 16.3. The molecule has 0 saturated carbocycles. The van der Waals surface area contributed by atoms with Gasteiger partial charge in [-0.1, -0.05) is 0 Å². The van der Waals surface area contributed by atoms with E-state index in [1.54, 1.807) is 0 Å². The van der Waals surface area contributed by atoms with Gasteiger partial charge in [-0.05, 0) is 49.8 Å². The van der Waals surface area contributed by atoms with E-state index in [1.807, 2.05) is 13.0 Å². The molecule has 0 bridgehead atoms. The number of nitrogens with zero attached hydrogens (tertiary/aromatic N) is 1. The molecular weight excluding hydrogens is 266 g/mol. The summed E-state index contributed by atoms with van der Waals surface area (Å²) in [5, 5.41) is 12.6. The predicted octanol–water partition coefficient (Wildman–Crippen LogP) is 1.75. The Kier molecular flexibility index (Phi) is 3.76. The van der Waals surface area contributed by atoms with Crippen LogP contribution in [0.3, 0.4) is 0 Å². The number of nitrogens with one attached hydrogen (secondary N) is 1. The molecule has 0 spiro atoms. The summed E-state index contributed by atoms with van der Waals surface area (Å²) in [5.74, 6) is 0.451. The Balaban J connectivity index is 1.79. The lowest BCUT2D eigenvalue weighted by Crippen LogP contribution is -2.37. The minimum atomic E-state index is -0.233. The lowest BCUT2D eigenvalue weighted by molar-refractivity contribution is -0.116. The first-order chi connectivity index (χ1) is 10.0. The van der Waals surface area contributed by atoms with Crippen LogP contribution in [0.25, 0.3) is 0 Å². The van der Waals surface area contributed by atoms with Gasteiger partial charge in [0.2, 0.25) is 5.91 Å². The molecule has 2 aliphatic rings. The number of carbonyl (C=O) groups is 1. The van der Waals surface area contributed by atoms with E-state index in [9.17, 15) is 9.90 Å². The molecule has 2 heterocycles. The average molecular weight is 289 g/mol. The van der Waals surface area contributed by atoms with E-state index in [-0.39, 0.29) is 12.0 Å². The number of hydrogen-bond acceptors (Lipinski definition) is 4. The number of carbonyl (C=O) groups excluding carboxylic acids is 1. The molecule has 0 aromatic heterocycles. The maximum Gasteiger partial charge on any atom is 0.224 e. The van der Waals surface area contributed by atoms with Gasteiger partial charge in [0, 0.05) is 25.2 Å². The second-order valence-electron chi connectivity index (χ2n) is 6.18. The smallest absolute Gasteiger partial charge is 0.224 e. The van der Waals surface area contributed by atoms with E-state index in [4.69, 9.17) is 5.73 Å². The third kappa shape index (κ3) is 2.83. The van der Waals surface area contributed by atoms with Crippen molar-refractivity contribution in [1.82, 2.24) is 0 Å². The molecule has 1 aromatic rings. The number of fused-ring (bicyclic) bond motifs is 1. The molecule has 0 aliphatic carbocycles. The first-order valence-electron chi connectivity index (χ1n) is 7.70. The fourth-order valence-electron chi connectivity index (χ4n) is 3.33. The number of hydrogen-bond donors (Lipinski definition) is 3. The second kappa shape index (κ2) is 5.56. The summed E-state index contributed by atoms with van der Waals surface area (Å²) in [5.41, 5.74) is 9.97. The highest BCUT2D eigenvalue weighted by molar-refractivity contribution is 5.95. The Bertz CT molecular complexity index is 549. The normalized spacial score (nSPS) is 20.9. The van der Waals surface area contributed by atoms with Gasteiger partial charge in [-0.3, -0.25) is 4.79 Å². The van der Waals surface area contributed by atoms with Crippen LogP contribution in [0.5, 0.6) is 0 Å². The maximum atomic E-state index is 11.4. The molecular formula is C16H23N3O2. The van der Waals surface area contributed by atoms with Crippen molar-refractivity contribution in [3.63, 3.8) is 0 Å². The van der Waals surface area contributed by atoms with E-state index >= 15 is 0 Å². The monoisotopic (exact) mass is 289 g/mol. The molecule has 2 aliphatic heterocycles. The highest BCUT2D eigenvalue weighted by Crippen LogP contribution is 2.35. The van der Waals surface area contributed by atoms with Gasteiger partial charge in [-0.2, -0.15) is 0 Å². The number of benzene rings is 1. The highest BCUT2D eigenvalue weighted by Gasteiger charge is 2.25. The van der Waals surface area contributed by atoms with E-state index < -0.39 is 0 Å². The number of aliphatic hydroxyl groups is 1. The van der Waals surface area contributed by atoms with Crippen LogP contribution in [0.1, 0.15) is 31.7 Å². The number of aliphatic hydroxyl groups excluding tert-OH is 1. The quantitative estimate of drug-likeness (QED) is 0.725. The minimum Gasteiger partial charge on any atom is -0.397 e. The molecule has 1 atom stereocenters. The first kappa shape index (κ1) is 14.2. The standard InChI is InChI=1S/C16H23N3O2/c1-10(20)11-4-6-19(7-5-11)15-8-12-2-3-16(21)18-14(12)9-13(15)17/h8-11,20H,2-7,17H2,1H3,(H,18,21). The molecule has 21 heavy (non-hydrogen) atoms. The van der Waals surface area contributed by atoms with Crippen molar-refractivity contribution < 1.29 is 9.90 Å². The summed E-state index contributed by atoms with van der Waals surface area (Å²) in [6.07, 6.45) is 3.07. The zero-order valence-corrected chi connectivity index (χ0v) is 12.4. The van der Waals surface area contributed by atoms with Crippen LogP contribution in [0.4, 0.5) is 17.1 Å². The summed E-state index contributed by atoms with van der Waals surface area (Å²) in [7, 11) is 0. The zero-order chi connectivity index (χ0) is 15.0. The molecule has 1 amide bonds. The van der Waals surface area contributed by atoms with Crippen molar-refractivity contribution in [1.29, 1.82) is 0 Å². The molecule has 3 rings (SSSR count). The number of piperidine rings is 1. The summed E-state index contributed by atoms with van der Waals surface area (Å²) in [4.78, 5) is 13.7. The molecule has 1 aromatic carbocycles. The van der Waals surface area contributed by atoms with Gasteiger partial charge in [0.1, 0.15) is 0 Å². The van der Waals surface area contributed by atoms with Crippen LogP contribution in [-0.4, -0.2) is 30.2 Å². The molecule has 1 unspecified atom stereocenters. The van der Waals surface area contributed by atoms with Crippen LogP contribution in [-0.2, 0) is 11.2 Å². The lowest BCUT2D eigenvalue weighted by atomic mass is 9.91. The molecule has 1 fully saturated rings. The molecule has 5 heteroatoms. The van der Waals surface area contributed by atoms with E-state index in [1.165, 1.54) is 0 Å². The summed E-state index contributed by atoms with van der Waals surface area (Å²) in [6.45, 7) is 3.71. The van der Waals surface area contributed by atoms with E-state index in [0.717, 1.165) is 49.3 Å². The molecule has 114 valence electrons. The Morgan fingerprint density at radius 2 is 2.05 bits per heavy atom. The maximum absolute atomic E-state index is 11.4. The summed E-state index contributed by atoms with van der Waals surface area (Å²) in [6, 6.07) is 4.00. The number of nitrogens with two attached hydrogens (primary N) is 1. The SMILES string of the molecule is CC(O)C1CCN(c2cc3c(cc2N)NC(=O)CC3)CC1. The van der Waals surface area contributed by atoms with Crippen LogP contribution >= 0.6 is 0 Å². The fraction of sp³-hybridized carbons (Fsp3) is 0.562. The van der Waals surface area contributed by atoms with Crippen LogP contribution in [0, 0.1) is 5.92 Å². The van der Waals surface area contributed by atoms with Crippen molar-refractivity contribution in [3.8, 4) is 0 Å². The Morgan fingerprint density at radius 1 is 1.33 bits per heavy atom. The molecule has 0 radical (unpaired) electrons. The van der Waals surface area contributed by atoms with Crippen molar-refractivity contribution >= 4 is 23.0 Å². The van der Waals surface area contributed by atoms with Crippen LogP contribution in [0.2, 0.25) is 0 Å². The summed E-state index contributed by atoms with van der Waals surface area (Å²) >= 11 is 0. The Labute approximate surface area is 125 Å². The van der Waals surface area contributed by atoms with Crippen molar-refractivity contribution in [2.75, 3.05) is 29.0 Å². The van der Waals surface area contributed by atoms with Crippen LogP contribution < -0.4 is 16.0 Å². The Hall–Kier alpha value is -1.75. The van der Waals surface area contributed by atoms with Crippen LogP contribution in [0.15, 0.2) is 12.1 Å². The third-order valence-corrected chi connectivity index (χ3v) is 4.71. The Morgan fingerprint density at radius 3 is 2.71 bits per heavy atom.